The summed E-state index contributed by atoms with van der Waals surface area (Å²) >= 11 is 3.92. The van der Waals surface area contributed by atoms with Gasteiger partial charge in [-0.3, -0.25) is 4.79 Å². The minimum atomic E-state index is -0.162. The molecule has 5 heteroatoms. The first-order valence-electron chi connectivity index (χ1n) is 9.59. The third kappa shape index (κ3) is 12.2. The molecule has 1 aromatic carbocycles. The molecule has 0 atom stereocenters. The fraction of sp³-hybridized carbons (Fsp3) is 0.636. The lowest BCUT2D eigenvalue weighted by Gasteiger charge is -2.23. The van der Waals surface area contributed by atoms with E-state index in [2.05, 4.69) is 27.7 Å². The lowest BCUT2D eigenvalue weighted by atomic mass is 9.86. The lowest BCUT2D eigenvalue weighted by Crippen LogP contribution is -2.21. The Hall–Kier alpha value is -0.940. The number of rotatable bonds is 14. The van der Waals surface area contributed by atoms with Gasteiger partial charge in [0.1, 0.15) is 12.0 Å². The van der Waals surface area contributed by atoms with Gasteiger partial charge in [-0.1, -0.05) is 45.9 Å². The Balaban J connectivity index is 2.10. The van der Waals surface area contributed by atoms with E-state index in [4.69, 9.17) is 4.74 Å². The van der Waals surface area contributed by atoms with Crippen LogP contribution in [0.1, 0.15) is 53.4 Å². The lowest BCUT2D eigenvalue weighted by molar-refractivity contribution is -0.136. The average molecular weight is 411 g/mol. The molecule has 0 radical (unpaired) electrons. The summed E-state index contributed by atoms with van der Waals surface area (Å²) in [5.74, 6) is 4.88. The van der Waals surface area contributed by atoms with Gasteiger partial charge in [0, 0.05) is 17.9 Å². The summed E-state index contributed by atoms with van der Waals surface area (Å²) in [6.07, 6.45) is 4.18. The first-order valence-corrected chi connectivity index (χ1v) is 11.9. The minimum absolute atomic E-state index is 0.0507. The second-order valence-corrected chi connectivity index (χ2v) is 10.8. The highest BCUT2D eigenvalue weighted by atomic mass is 32.2. The van der Waals surface area contributed by atoms with Crippen LogP contribution in [0, 0.1) is 10.8 Å². The van der Waals surface area contributed by atoms with Crippen LogP contribution in [-0.2, 0) is 9.59 Å². The van der Waals surface area contributed by atoms with Crippen LogP contribution in [0.15, 0.2) is 30.3 Å². The summed E-state index contributed by atoms with van der Waals surface area (Å²) in [5, 5.41) is 0. The average Bonchev–Trinajstić information content (AvgIpc) is 2.57. The second-order valence-electron chi connectivity index (χ2n) is 8.39. The van der Waals surface area contributed by atoms with Gasteiger partial charge >= 0.3 is 5.97 Å². The first-order chi connectivity index (χ1) is 12.7. The Morgan fingerprint density at radius 3 is 2.04 bits per heavy atom. The summed E-state index contributed by atoms with van der Waals surface area (Å²) < 4.78 is 5.40. The van der Waals surface area contributed by atoms with Gasteiger partial charge in [-0.2, -0.15) is 23.5 Å². The molecule has 0 saturated heterocycles. The molecule has 0 fully saturated rings. The molecule has 0 amide bonds. The van der Waals surface area contributed by atoms with E-state index in [1.54, 1.807) is 12.1 Å². The Morgan fingerprint density at radius 2 is 1.48 bits per heavy atom. The van der Waals surface area contributed by atoms with E-state index in [0.717, 1.165) is 42.1 Å². The normalized spacial score (nSPS) is 12.0. The molecule has 0 saturated carbocycles. The van der Waals surface area contributed by atoms with E-state index < -0.39 is 0 Å². The quantitative estimate of drug-likeness (QED) is 0.166. The molecule has 0 unspecified atom stereocenters. The zero-order valence-electron chi connectivity index (χ0n) is 17.2. The summed E-state index contributed by atoms with van der Waals surface area (Å²) in [6, 6.07) is 9.25. The SMILES string of the molecule is CC(C)(CC=O)CCSCCSCCC(C)(C)CC(=O)Oc1ccccc1. The number of carbonyl (C=O) groups excluding carboxylic acids is 2. The van der Waals surface area contributed by atoms with Gasteiger partial charge in [0.25, 0.3) is 0 Å². The van der Waals surface area contributed by atoms with Gasteiger partial charge in [0.15, 0.2) is 0 Å². The molecule has 0 heterocycles. The maximum Gasteiger partial charge on any atom is 0.311 e. The van der Waals surface area contributed by atoms with Crippen molar-refractivity contribution >= 4 is 35.8 Å². The number of thioether (sulfide) groups is 2. The standard InChI is InChI=1S/C22H34O3S2/c1-21(2,10-13-23)11-14-26-16-17-27-15-12-22(3,4)18-20(24)25-19-8-6-5-7-9-19/h5-9,13H,10-12,14-18H2,1-4H3. The number of carbonyl (C=O) groups is 2. The van der Waals surface area contributed by atoms with Crippen molar-refractivity contribution < 1.29 is 14.3 Å². The van der Waals surface area contributed by atoms with Crippen molar-refractivity contribution in [1.82, 2.24) is 0 Å². The van der Waals surface area contributed by atoms with Crippen molar-refractivity contribution in [3.8, 4) is 5.75 Å². The number of hydrogen-bond acceptors (Lipinski definition) is 5. The molecular formula is C22H34O3S2. The van der Waals surface area contributed by atoms with E-state index in [0.29, 0.717) is 18.6 Å². The second kappa shape index (κ2) is 12.5. The van der Waals surface area contributed by atoms with Gasteiger partial charge < -0.3 is 9.53 Å². The largest absolute Gasteiger partial charge is 0.427 e. The Kier molecular flexibility index (Phi) is 11.2. The van der Waals surface area contributed by atoms with Crippen LogP contribution in [0.5, 0.6) is 5.75 Å². The molecule has 0 aromatic heterocycles. The van der Waals surface area contributed by atoms with Gasteiger partial charge in [-0.05, 0) is 47.3 Å². The fourth-order valence-corrected chi connectivity index (χ4v) is 5.23. The van der Waals surface area contributed by atoms with E-state index >= 15 is 0 Å². The van der Waals surface area contributed by atoms with E-state index in [1.165, 1.54) is 0 Å². The van der Waals surface area contributed by atoms with Crippen LogP contribution in [0.3, 0.4) is 0 Å². The molecule has 152 valence electrons. The number of para-hydroxylation sites is 1. The highest BCUT2D eigenvalue weighted by Crippen LogP contribution is 2.29. The summed E-state index contributed by atoms with van der Waals surface area (Å²) in [7, 11) is 0. The number of esters is 1. The highest BCUT2D eigenvalue weighted by Gasteiger charge is 2.23. The van der Waals surface area contributed by atoms with Gasteiger partial charge in [-0.15, -0.1) is 0 Å². The molecule has 0 N–H and O–H groups in total. The van der Waals surface area contributed by atoms with Crippen LogP contribution in [0.4, 0.5) is 0 Å². The van der Waals surface area contributed by atoms with Gasteiger partial charge in [0.2, 0.25) is 0 Å². The van der Waals surface area contributed by atoms with Crippen molar-refractivity contribution in [3.63, 3.8) is 0 Å². The Bertz CT molecular complexity index is 556. The van der Waals surface area contributed by atoms with Gasteiger partial charge in [0.05, 0.1) is 6.42 Å². The van der Waals surface area contributed by atoms with Crippen molar-refractivity contribution in [2.75, 3.05) is 23.0 Å². The maximum absolute atomic E-state index is 12.1. The molecule has 0 aliphatic carbocycles. The maximum atomic E-state index is 12.1. The molecule has 1 aromatic rings. The monoisotopic (exact) mass is 410 g/mol. The molecule has 1 rings (SSSR count). The van der Waals surface area contributed by atoms with E-state index in [9.17, 15) is 9.59 Å². The minimum Gasteiger partial charge on any atom is -0.427 e. The molecule has 3 nitrogen and oxygen atoms in total. The zero-order chi connectivity index (χ0) is 20.2. The topological polar surface area (TPSA) is 43.4 Å². The van der Waals surface area contributed by atoms with Crippen molar-refractivity contribution in [2.24, 2.45) is 10.8 Å². The predicted molar refractivity (Wildman–Crippen MR) is 119 cm³/mol. The predicted octanol–water partition coefficient (Wildman–Crippen LogP) is 5.87. The summed E-state index contributed by atoms with van der Waals surface area (Å²) in [6.45, 7) is 8.57. The molecule has 0 spiro atoms. The summed E-state index contributed by atoms with van der Waals surface area (Å²) in [4.78, 5) is 22.7. The first kappa shape index (κ1) is 24.1. The Labute approximate surface area is 173 Å². The van der Waals surface area contributed by atoms with Crippen molar-refractivity contribution in [2.45, 2.75) is 53.4 Å². The summed E-state index contributed by atoms with van der Waals surface area (Å²) in [5.41, 5.74) is 0.0745. The zero-order valence-corrected chi connectivity index (χ0v) is 18.8. The highest BCUT2D eigenvalue weighted by molar-refractivity contribution is 8.02. The fourth-order valence-electron chi connectivity index (χ4n) is 2.48. The number of aldehydes is 1. The van der Waals surface area contributed by atoms with Crippen LogP contribution >= 0.6 is 23.5 Å². The van der Waals surface area contributed by atoms with Crippen molar-refractivity contribution in [3.05, 3.63) is 30.3 Å². The molecule has 0 aliphatic heterocycles. The van der Waals surface area contributed by atoms with Crippen LogP contribution in [0.25, 0.3) is 0 Å². The smallest absolute Gasteiger partial charge is 0.311 e. The molecule has 0 aliphatic rings. The van der Waals surface area contributed by atoms with Crippen LogP contribution < -0.4 is 4.74 Å². The number of ether oxygens (including phenoxy) is 1. The van der Waals surface area contributed by atoms with Gasteiger partial charge in [-0.25, -0.2) is 0 Å². The van der Waals surface area contributed by atoms with Crippen molar-refractivity contribution in [1.29, 1.82) is 0 Å². The third-order valence-electron chi connectivity index (χ3n) is 4.45. The molecule has 27 heavy (non-hydrogen) atoms. The molecular weight excluding hydrogens is 376 g/mol. The van der Waals surface area contributed by atoms with Crippen LogP contribution in [-0.4, -0.2) is 35.3 Å². The van der Waals surface area contributed by atoms with E-state index in [-0.39, 0.29) is 16.8 Å². The molecule has 0 bridgehead atoms. The number of hydrogen-bond donors (Lipinski definition) is 0. The third-order valence-corrected chi connectivity index (χ3v) is 6.68. The van der Waals surface area contributed by atoms with Crippen LogP contribution in [0.2, 0.25) is 0 Å². The Morgan fingerprint density at radius 1 is 0.926 bits per heavy atom. The number of benzene rings is 1. The van der Waals surface area contributed by atoms with E-state index in [1.807, 2.05) is 41.7 Å².